The quantitative estimate of drug-likeness (QED) is 0.867. The second-order valence-corrected chi connectivity index (χ2v) is 7.90. The summed E-state index contributed by atoms with van der Waals surface area (Å²) >= 11 is 0. The molecule has 1 N–H and O–H groups in total. The van der Waals surface area contributed by atoms with E-state index in [1.54, 1.807) is 4.90 Å². The third-order valence-electron chi connectivity index (χ3n) is 6.37. The van der Waals surface area contributed by atoms with Crippen LogP contribution in [-0.2, 0) is 6.18 Å². The fraction of sp³-hybridized carbons (Fsp3) is 0.684. The first-order valence-electron chi connectivity index (χ1n) is 9.37. The van der Waals surface area contributed by atoms with Crippen molar-refractivity contribution >= 4 is 5.91 Å². The highest BCUT2D eigenvalue weighted by molar-refractivity contribution is 5.94. The Kier molecular flexibility index (Phi) is 4.25. The van der Waals surface area contributed by atoms with E-state index in [2.05, 4.69) is 4.98 Å². The number of aromatic nitrogens is 1. The molecule has 0 unspecified atom stereocenters. The fourth-order valence-electron chi connectivity index (χ4n) is 4.91. The van der Waals surface area contributed by atoms with Crippen molar-refractivity contribution in [3.05, 3.63) is 29.6 Å². The second kappa shape index (κ2) is 6.22. The minimum atomic E-state index is -4.51. The van der Waals surface area contributed by atoms with Crippen molar-refractivity contribution in [1.82, 2.24) is 9.88 Å². The number of amides is 1. The van der Waals surface area contributed by atoms with Gasteiger partial charge in [-0.2, -0.15) is 13.2 Å². The third kappa shape index (κ3) is 3.00. The van der Waals surface area contributed by atoms with Gasteiger partial charge in [-0.1, -0.05) is 12.8 Å². The van der Waals surface area contributed by atoms with Crippen LogP contribution in [0.1, 0.15) is 61.0 Å². The molecule has 1 aromatic rings. The van der Waals surface area contributed by atoms with E-state index in [9.17, 15) is 23.1 Å². The number of hydrogen-bond acceptors (Lipinski definition) is 3. The monoisotopic (exact) mass is 368 g/mol. The summed E-state index contributed by atoms with van der Waals surface area (Å²) in [4.78, 5) is 18.1. The maximum Gasteiger partial charge on any atom is 0.433 e. The molecule has 0 aromatic carbocycles. The molecule has 2 saturated carbocycles. The largest absolute Gasteiger partial charge is 0.433 e. The Bertz CT molecular complexity index is 687. The van der Waals surface area contributed by atoms with Crippen molar-refractivity contribution in [2.45, 2.75) is 62.8 Å². The first-order chi connectivity index (χ1) is 12.3. The van der Waals surface area contributed by atoms with Crippen LogP contribution in [0.15, 0.2) is 18.3 Å². The van der Waals surface area contributed by atoms with Gasteiger partial charge in [-0.05, 0) is 50.2 Å². The highest BCUT2D eigenvalue weighted by Gasteiger charge is 2.55. The number of fused-ring (bicyclic) bond motifs is 1. The normalized spacial score (nSPS) is 32.2. The van der Waals surface area contributed by atoms with Gasteiger partial charge in [-0.15, -0.1) is 0 Å². The molecule has 0 bridgehead atoms. The van der Waals surface area contributed by atoms with E-state index in [-0.39, 0.29) is 23.4 Å². The summed E-state index contributed by atoms with van der Waals surface area (Å²) in [6, 6.07) is 2.03. The summed E-state index contributed by atoms with van der Waals surface area (Å²) in [6.07, 6.45) is 2.99. The van der Waals surface area contributed by atoms with E-state index in [1.165, 1.54) is 6.07 Å². The number of hydrogen-bond donors (Lipinski definition) is 1. The molecule has 1 aromatic heterocycles. The number of pyridine rings is 1. The van der Waals surface area contributed by atoms with Crippen LogP contribution in [0.5, 0.6) is 0 Å². The van der Waals surface area contributed by atoms with Gasteiger partial charge in [-0.25, -0.2) is 0 Å². The van der Waals surface area contributed by atoms with Crippen LogP contribution in [0.3, 0.4) is 0 Å². The minimum absolute atomic E-state index is 0.0297. The Balaban J connectivity index is 1.56. The number of nitrogens with zero attached hydrogens (tertiary/aromatic N) is 2. The number of carbonyl (C=O) groups excluding carboxylic acids is 1. The Hall–Kier alpha value is -1.63. The van der Waals surface area contributed by atoms with E-state index in [0.29, 0.717) is 18.9 Å². The van der Waals surface area contributed by atoms with E-state index in [0.717, 1.165) is 50.8 Å². The first kappa shape index (κ1) is 17.8. The average molecular weight is 368 g/mol. The lowest BCUT2D eigenvalue weighted by atomic mass is 9.67. The predicted molar refractivity (Wildman–Crippen MR) is 88.3 cm³/mol. The van der Waals surface area contributed by atoms with Gasteiger partial charge in [0.2, 0.25) is 0 Å². The summed E-state index contributed by atoms with van der Waals surface area (Å²) < 4.78 is 38.0. The Morgan fingerprint density at radius 1 is 1.19 bits per heavy atom. The van der Waals surface area contributed by atoms with Gasteiger partial charge in [0.15, 0.2) is 0 Å². The van der Waals surface area contributed by atoms with E-state index in [4.69, 9.17) is 0 Å². The lowest BCUT2D eigenvalue weighted by Crippen LogP contribution is -2.61. The number of halogens is 3. The van der Waals surface area contributed by atoms with Gasteiger partial charge >= 0.3 is 6.18 Å². The lowest BCUT2D eigenvalue weighted by molar-refractivity contribution is -0.141. The number of piperidine rings is 1. The van der Waals surface area contributed by atoms with Gasteiger partial charge in [-0.3, -0.25) is 9.78 Å². The topological polar surface area (TPSA) is 53.4 Å². The van der Waals surface area contributed by atoms with Crippen LogP contribution >= 0.6 is 0 Å². The summed E-state index contributed by atoms with van der Waals surface area (Å²) in [5, 5.41) is 11.2. The van der Waals surface area contributed by atoms with Crippen molar-refractivity contribution in [1.29, 1.82) is 0 Å². The molecule has 3 fully saturated rings. The molecule has 3 aliphatic rings. The highest BCUT2D eigenvalue weighted by Crippen LogP contribution is 2.52. The van der Waals surface area contributed by atoms with Crippen LogP contribution in [-0.4, -0.2) is 39.1 Å². The van der Waals surface area contributed by atoms with E-state index < -0.39 is 17.5 Å². The molecule has 4 nitrogen and oxygen atoms in total. The highest BCUT2D eigenvalue weighted by atomic mass is 19.4. The number of carbonyl (C=O) groups is 1. The first-order valence-corrected chi connectivity index (χ1v) is 9.37. The molecule has 26 heavy (non-hydrogen) atoms. The van der Waals surface area contributed by atoms with Crippen LogP contribution < -0.4 is 0 Å². The average Bonchev–Trinajstić information content (AvgIpc) is 3.47. The molecule has 4 rings (SSSR count). The maximum atomic E-state index is 12.9. The van der Waals surface area contributed by atoms with Gasteiger partial charge in [0, 0.05) is 24.7 Å². The molecule has 1 saturated heterocycles. The van der Waals surface area contributed by atoms with E-state index in [1.807, 2.05) is 0 Å². The molecule has 7 heteroatoms. The van der Waals surface area contributed by atoms with Crippen molar-refractivity contribution in [2.24, 2.45) is 11.8 Å². The predicted octanol–water partition coefficient (Wildman–Crippen LogP) is 3.65. The SMILES string of the molecule is O=C(c1ccc(C(F)(F)F)nc1)N1CC[C@](O)(C2CC2)[C@H]2CCCC[C@H]21. The van der Waals surface area contributed by atoms with Crippen LogP contribution in [0.2, 0.25) is 0 Å². The molecule has 1 aliphatic heterocycles. The van der Waals surface area contributed by atoms with Crippen molar-refractivity contribution in [3.63, 3.8) is 0 Å². The molecule has 142 valence electrons. The molecule has 0 radical (unpaired) electrons. The zero-order valence-corrected chi connectivity index (χ0v) is 14.5. The third-order valence-corrected chi connectivity index (χ3v) is 6.37. The van der Waals surface area contributed by atoms with Crippen LogP contribution in [0.4, 0.5) is 13.2 Å². The summed E-state index contributed by atoms with van der Waals surface area (Å²) in [7, 11) is 0. The number of likely N-dealkylation sites (tertiary alicyclic amines) is 1. The maximum absolute atomic E-state index is 12.9. The van der Waals surface area contributed by atoms with Crippen LogP contribution in [0.25, 0.3) is 0 Å². The smallest absolute Gasteiger partial charge is 0.389 e. The van der Waals surface area contributed by atoms with Crippen molar-refractivity contribution in [2.75, 3.05) is 6.54 Å². The van der Waals surface area contributed by atoms with Gasteiger partial charge in [0.05, 0.1) is 11.2 Å². The van der Waals surface area contributed by atoms with Gasteiger partial charge in [0.1, 0.15) is 5.69 Å². The standard InChI is InChI=1S/C19H23F3N2O2/c20-19(21,22)16-8-5-12(11-23-16)17(25)24-10-9-18(26,13-6-7-13)14-3-1-2-4-15(14)24/h5,8,11,13-15,26H,1-4,6-7,9-10H2/t14-,15+,18-/m0/s1. The minimum Gasteiger partial charge on any atom is -0.389 e. The second-order valence-electron chi connectivity index (χ2n) is 7.90. The molecular weight excluding hydrogens is 345 g/mol. The molecule has 1 amide bonds. The number of rotatable bonds is 2. The van der Waals surface area contributed by atoms with Crippen LogP contribution in [0, 0.1) is 11.8 Å². The lowest BCUT2D eigenvalue weighted by Gasteiger charge is -2.52. The Morgan fingerprint density at radius 3 is 2.54 bits per heavy atom. The molecule has 3 atom stereocenters. The molecular formula is C19H23F3N2O2. The fourth-order valence-corrected chi connectivity index (χ4v) is 4.91. The zero-order valence-electron chi connectivity index (χ0n) is 14.5. The molecule has 2 heterocycles. The summed E-state index contributed by atoms with van der Waals surface area (Å²) in [5.74, 6) is 0.142. The molecule has 2 aliphatic carbocycles. The van der Waals surface area contributed by atoms with E-state index >= 15 is 0 Å². The zero-order chi connectivity index (χ0) is 18.5. The summed E-state index contributed by atoms with van der Waals surface area (Å²) in [5.41, 5.74) is -1.49. The Morgan fingerprint density at radius 2 is 1.92 bits per heavy atom. The molecule has 0 spiro atoms. The summed E-state index contributed by atoms with van der Waals surface area (Å²) in [6.45, 7) is 0.452. The number of aliphatic hydroxyl groups is 1. The van der Waals surface area contributed by atoms with Gasteiger partial charge < -0.3 is 10.0 Å². The van der Waals surface area contributed by atoms with Gasteiger partial charge in [0.25, 0.3) is 5.91 Å². The Labute approximate surface area is 150 Å². The van der Waals surface area contributed by atoms with Crippen molar-refractivity contribution < 1.29 is 23.1 Å². The van der Waals surface area contributed by atoms with Crippen molar-refractivity contribution in [3.8, 4) is 0 Å². The number of alkyl halides is 3.